The number of thioether (sulfide) groups is 1. The van der Waals surface area contributed by atoms with E-state index >= 15 is 0 Å². The number of piperidine rings is 1. The minimum Gasteiger partial charge on any atom is -0.340 e. The SMILES string of the molecule is CN(CC(=O)N1CCC[C@H](NCc2ccccc2)C1)[C@@H]1CCSC1. The zero-order chi connectivity index (χ0) is 16.8. The van der Waals surface area contributed by atoms with Gasteiger partial charge in [-0.2, -0.15) is 11.8 Å². The van der Waals surface area contributed by atoms with Gasteiger partial charge in [-0.05, 0) is 37.6 Å². The zero-order valence-electron chi connectivity index (χ0n) is 14.6. The van der Waals surface area contributed by atoms with Gasteiger partial charge in [-0.3, -0.25) is 9.69 Å². The average molecular weight is 348 g/mol. The van der Waals surface area contributed by atoms with Crippen LogP contribution in [0.5, 0.6) is 0 Å². The molecule has 2 aliphatic rings. The first-order valence-corrected chi connectivity index (χ1v) is 10.2. The van der Waals surface area contributed by atoms with Crippen LogP contribution < -0.4 is 5.32 Å². The number of benzene rings is 1. The highest BCUT2D eigenvalue weighted by Crippen LogP contribution is 2.21. The highest BCUT2D eigenvalue weighted by molar-refractivity contribution is 7.99. The van der Waals surface area contributed by atoms with Gasteiger partial charge in [0.2, 0.25) is 5.91 Å². The van der Waals surface area contributed by atoms with E-state index in [1.54, 1.807) is 0 Å². The standard InChI is InChI=1S/C19H29N3OS/c1-21(18-9-11-24-15-18)14-19(23)22-10-5-8-17(13-22)20-12-16-6-3-2-4-7-16/h2-4,6-7,17-18,20H,5,8-15H2,1H3/t17-,18+/m0/s1. The summed E-state index contributed by atoms with van der Waals surface area (Å²) in [5.41, 5.74) is 1.31. The summed E-state index contributed by atoms with van der Waals surface area (Å²) in [5.74, 6) is 2.70. The van der Waals surface area contributed by atoms with Gasteiger partial charge in [0.15, 0.2) is 0 Å². The third-order valence-corrected chi connectivity index (χ3v) is 6.27. The molecule has 2 atom stereocenters. The minimum absolute atomic E-state index is 0.292. The van der Waals surface area contributed by atoms with E-state index in [-0.39, 0.29) is 0 Å². The van der Waals surface area contributed by atoms with E-state index in [2.05, 4.69) is 46.4 Å². The van der Waals surface area contributed by atoms with Crippen LogP contribution in [-0.2, 0) is 11.3 Å². The van der Waals surface area contributed by atoms with E-state index in [0.29, 0.717) is 24.5 Å². The normalized spacial score (nSPS) is 24.5. The Balaban J connectivity index is 1.44. The lowest BCUT2D eigenvalue weighted by Gasteiger charge is -2.35. The minimum atomic E-state index is 0.292. The number of rotatable bonds is 6. The van der Waals surface area contributed by atoms with Gasteiger partial charge in [0.1, 0.15) is 0 Å². The zero-order valence-corrected chi connectivity index (χ0v) is 15.4. The van der Waals surface area contributed by atoms with Gasteiger partial charge in [0, 0.05) is 37.5 Å². The molecule has 0 bridgehead atoms. The van der Waals surface area contributed by atoms with Crippen LogP contribution >= 0.6 is 11.8 Å². The number of hydrogen-bond acceptors (Lipinski definition) is 4. The predicted molar refractivity (Wildman–Crippen MR) is 101 cm³/mol. The maximum absolute atomic E-state index is 12.6. The molecule has 1 aromatic rings. The van der Waals surface area contributed by atoms with Crippen molar-refractivity contribution < 1.29 is 4.79 Å². The van der Waals surface area contributed by atoms with Crippen molar-refractivity contribution in [1.29, 1.82) is 0 Å². The van der Waals surface area contributed by atoms with Crippen molar-refractivity contribution in [2.24, 2.45) is 0 Å². The molecule has 24 heavy (non-hydrogen) atoms. The van der Waals surface area contributed by atoms with Crippen molar-refractivity contribution in [2.75, 3.05) is 38.2 Å². The quantitative estimate of drug-likeness (QED) is 0.856. The fourth-order valence-corrected chi connectivity index (χ4v) is 4.84. The molecule has 0 unspecified atom stereocenters. The monoisotopic (exact) mass is 347 g/mol. The molecule has 0 aromatic heterocycles. The van der Waals surface area contributed by atoms with Crippen molar-refractivity contribution >= 4 is 17.7 Å². The van der Waals surface area contributed by atoms with Crippen LogP contribution in [0.15, 0.2) is 30.3 Å². The second kappa shape index (κ2) is 8.88. The smallest absolute Gasteiger partial charge is 0.236 e. The summed E-state index contributed by atoms with van der Waals surface area (Å²) < 4.78 is 0. The summed E-state index contributed by atoms with van der Waals surface area (Å²) in [6, 6.07) is 11.5. The van der Waals surface area contributed by atoms with Crippen molar-refractivity contribution in [3.8, 4) is 0 Å². The Hall–Kier alpha value is -1.04. The Morgan fingerprint density at radius 2 is 2.17 bits per heavy atom. The number of carbonyl (C=O) groups excluding carboxylic acids is 1. The van der Waals surface area contributed by atoms with Gasteiger partial charge >= 0.3 is 0 Å². The van der Waals surface area contributed by atoms with Crippen LogP contribution in [-0.4, -0.2) is 66.0 Å². The molecule has 1 amide bonds. The van der Waals surface area contributed by atoms with Crippen molar-refractivity contribution in [3.05, 3.63) is 35.9 Å². The first kappa shape index (κ1) is 17.8. The molecule has 3 rings (SSSR count). The molecule has 0 spiro atoms. The number of nitrogens with zero attached hydrogens (tertiary/aromatic N) is 2. The molecule has 2 saturated heterocycles. The van der Waals surface area contributed by atoms with E-state index in [1.807, 2.05) is 17.8 Å². The van der Waals surface area contributed by atoms with Gasteiger partial charge < -0.3 is 10.2 Å². The van der Waals surface area contributed by atoms with Crippen LogP contribution in [0.4, 0.5) is 0 Å². The van der Waals surface area contributed by atoms with Gasteiger partial charge in [0.25, 0.3) is 0 Å². The van der Waals surface area contributed by atoms with Crippen LogP contribution in [0.3, 0.4) is 0 Å². The Labute approximate surface area is 150 Å². The van der Waals surface area contributed by atoms with Crippen molar-refractivity contribution in [3.63, 3.8) is 0 Å². The molecule has 2 heterocycles. The van der Waals surface area contributed by atoms with Crippen molar-refractivity contribution in [1.82, 2.24) is 15.1 Å². The molecule has 1 aromatic carbocycles. The largest absolute Gasteiger partial charge is 0.340 e. The topological polar surface area (TPSA) is 35.6 Å². The van der Waals surface area contributed by atoms with E-state index in [0.717, 1.165) is 32.5 Å². The van der Waals surface area contributed by atoms with Gasteiger partial charge in [0.05, 0.1) is 6.54 Å². The second-order valence-corrected chi connectivity index (χ2v) is 8.13. The Morgan fingerprint density at radius 1 is 1.33 bits per heavy atom. The maximum Gasteiger partial charge on any atom is 0.236 e. The summed E-state index contributed by atoms with van der Waals surface area (Å²) in [7, 11) is 2.10. The third kappa shape index (κ3) is 4.98. The number of nitrogens with one attached hydrogen (secondary N) is 1. The van der Waals surface area contributed by atoms with E-state index < -0.39 is 0 Å². The third-order valence-electron chi connectivity index (χ3n) is 5.13. The fourth-order valence-electron chi connectivity index (χ4n) is 3.54. The molecular formula is C19H29N3OS. The second-order valence-electron chi connectivity index (χ2n) is 6.98. The molecule has 0 radical (unpaired) electrons. The summed E-state index contributed by atoms with van der Waals surface area (Å²) in [5, 5.41) is 3.62. The number of likely N-dealkylation sites (N-methyl/N-ethyl adjacent to an activating group) is 1. The van der Waals surface area contributed by atoms with Gasteiger partial charge in [-0.15, -0.1) is 0 Å². The average Bonchev–Trinajstić information content (AvgIpc) is 3.16. The molecule has 132 valence electrons. The summed E-state index contributed by atoms with van der Waals surface area (Å²) in [6.07, 6.45) is 3.47. The highest BCUT2D eigenvalue weighted by Gasteiger charge is 2.27. The summed E-state index contributed by atoms with van der Waals surface area (Å²) in [4.78, 5) is 16.9. The van der Waals surface area contributed by atoms with Crippen LogP contribution in [0.1, 0.15) is 24.8 Å². The van der Waals surface area contributed by atoms with E-state index in [4.69, 9.17) is 0 Å². The van der Waals surface area contributed by atoms with E-state index in [9.17, 15) is 4.79 Å². The molecule has 2 fully saturated rings. The van der Waals surface area contributed by atoms with E-state index in [1.165, 1.54) is 23.5 Å². The molecule has 5 heteroatoms. The Morgan fingerprint density at radius 3 is 2.92 bits per heavy atom. The Kier molecular flexibility index (Phi) is 6.58. The molecular weight excluding hydrogens is 318 g/mol. The lowest BCUT2D eigenvalue weighted by molar-refractivity contribution is -0.133. The number of likely N-dealkylation sites (tertiary alicyclic amines) is 1. The number of amides is 1. The fraction of sp³-hybridized carbons (Fsp3) is 0.632. The number of hydrogen-bond donors (Lipinski definition) is 1. The first-order chi connectivity index (χ1) is 11.7. The summed E-state index contributed by atoms with van der Waals surface area (Å²) >= 11 is 2.00. The van der Waals surface area contributed by atoms with Gasteiger partial charge in [-0.1, -0.05) is 30.3 Å². The molecule has 0 saturated carbocycles. The van der Waals surface area contributed by atoms with Gasteiger partial charge in [-0.25, -0.2) is 0 Å². The molecule has 0 aliphatic carbocycles. The molecule has 4 nitrogen and oxygen atoms in total. The molecule has 2 aliphatic heterocycles. The number of carbonyl (C=O) groups is 1. The summed E-state index contributed by atoms with van der Waals surface area (Å²) in [6.45, 7) is 3.21. The van der Waals surface area contributed by atoms with Crippen LogP contribution in [0.2, 0.25) is 0 Å². The Bertz CT molecular complexity index is 519. The lowest BCUT2D eigenvalue weighted by atomic mass is 10.0. The van der Waals surface area contributed by atoms with Crippen LogP contribution in [0, 0.1) is 0 Å². The molecule has 1 N–H and O–H groups in total. The highest BCUT2D eigenvalue weighted by atomic mass is 32.2. The lowest BCUT2D eigenvalue weighted by Crippen LogP contribution is -2.51. The van der Waals surface area contributed by atoms with Crippen LogP contribution in [0.25, 0.3) is 0 Å². The first-order valence-electron chi connectivity index (χ1n) is 9.05. The maximum atomic E-state index is 12.6. The van der Waals surface area contributed by atoms with Crippen molar-refractivity contribution in [2.45, 2.75) is 37.9 Å². The predicted octanol–water partition coefficient (Wildman–Crippen LogP) is 2.20.